The Balaban J connectivity index is 2.22. The van der Waals surface area contributed by atoms with E-state index in [9.17, 15) is 0 Å². The van der Waals surface area contributed by atoms with Crippen LogP contribution in [0.2, 0.25) is 0 Å². The molecule has 4 aromatic rings. The normalized spacial score (nSPS) is 11.2. The van der Waals surface area contributed by atoms with Crippen molar-refractivity contribution in [3.8, 4) is 11.1 Å². The Morgan fingerprint density at radius 2 is 1.79 bits per heavy atom. The third-order valence-electron chi connectivity index (χ3n) is 3.45. The smallest absolute Gasteiger partial charge is 0.0787 e. The summed E-state index contributed by atoms with van der Waals surface area (Å²) in [5.41, 5.74) is 3.55. The zero-order chi connectivity index (χ0) is 12.7. The Morgan fingerprint density at radius 3 is 2.68 bits per heavy atom. The molecule has 2 aromatic carbocycles. The number of hydrogen-bond donors (Lipinski definition) is 0. The fraction of sp³-hybridized carbons (Fsp3) is 0. The molecule has 0 bridgehead atoms. The summed E-state index contributed by atoms with van der Waals surface area (Å²) < 4.78 is 0. The van der Waals surface area contributed by atoms with E-state index in [1.165, 1.54) is 27.3 Å². The van der Waals surface area contributed by atoms with E-state index in [-0.39, 0.29) is 0 Å². The lowest BCUT2D eigenvalue weighted by atomic mass is 9.98. The molecule has 0 aliphatic carbocycles. The predicted molar refractivity (Wildman–Crippen MR) is 82.6 cm³/mol. The van der Waals surface area contributed by atoms with Crippen LogP contribution in [0.3, 0.4) is 0 Å². The van der Waals surface area contributed by atoms with E-state index in [1.54, 1.807) is 11.3 Å². The first-order valence-corrected chi connectivity index (χ1v) is 7.17. The van der Waals surface area contributed by atoms with Crippen molar-refractivity contribution in [3.63, 3.8) is 0 Å². The zero-order valence-corrected chi connectivity index (χ0v) is 11.0. The fourth-order valence-corrected chi connectivity index (χ4v) is 3.22. The van der Waals surface area contributed by atoms with Crippen LogP contribution in [0, 0.1) is 0 Å². The van der Waals surface area contributed by atoms with Gasteiger partial charge in [0.1, 0.15) is 0 Å². The van der Waals surface area contributed by atoms with Crippen LogP contribution in [0.25, 0.3) is 32.8 Å². The Hall–Kier alpha value is -2.19. The minimum atomic E-state index is 1.08. The van der Waals surface area contributed by atoms with Gasteiger partial charge in [-0.25, -0.2) is 0 Å². The van der Waals surface area contributed by atoms with Crippen molar-refractivity contribution in [1.29, 1.82) is 0 Å². The molecule has 1 nitrogen and oxygen atoms in total. The average molecular weight is 261 g/mol. The number of thiophene rings is 1. The van der Waals surface area contributed by atoms with Gasteiger partial charge in [-0.05, 0) is 45.3 Å². The first kappa shape index (κ1) is 10.7. The molecule has 4 rings (SSSR count). The maximum atomic E-state index is 4.59. The summed E-state index contributed by atoms with van der Waals surface area (Å²) in [6.45, 7) is 0. The molecular formula is C17H11NS. The van der Waals surface area contributed by atoms with Gasteiger partial charge in [-0.15, -0.1) is 0 Å². The Labute approximate surface area is 115 Å². The fourth-order valence-electron chi connectivity index (χ4n) is 2.57. The highest BCUT2D eigenvalue weighted by Gasteiger charge is 2.09. The SMILES string of the molecule is c1ccc2c(c1)cc(-c1ccsc1)c1ncccc12. The number of nitrogens with zero attached hydrogens (tertiary/aromatic N) is 1. The second-order valence-corrected chi connectivity index (χ2v) is 5.34. The minimum Gasteiger partial charge on any atom is -0.256 e. The van der Waals surface area contributed by atoms with E-state index >= 15 is 0 Å². The van der Waals surface area contributed by atoms with Crippen molar-refractivity contribution in [1.82, 2.24) is 4.98 Å². The van der Waals surface area contributed by atoms with Gasteiger partial charge in [-0.1, -0.05) is 30.3 Å². The van der Waals surface area contributed by atoms with Crippen molar-refractivity contribution in [3.05, 3.63) is 65.5 Å². The van der Waals surface area contributed by atoms with Gasteiger partial charge < -0.3 is 0 Å². The van der Waals surface area contributed by atoms with Crippen molar-refractivity contribution < 1.29 is 0 Å². The molecule has 0 unspecified atom stereocenters. The molecule has 19 heavy (non-hydrogen) atoms. The van der Waals surface area contributed by atoms with Crippen molar-refractivity contribution in [2.24, 2.45) is 0 Å². The molecule has 0 aliphatic heterocycles. The molecule has 0 saturated carbocycles. The van der Waals surface area contributed by atoms with Crippen LogP contribution in [0.4, 0.5) is 0 Å². The van der Waals surface area contributed by atoms with Gasteiger partial charge in [0.2, 0.25) is 0 Å². The molecule has 0 spiro atoms. The van der Waals surface area contributed by atoms with E-state index < -0.39 is 0 Å². The maximum Gasteiger partial charge on any atom is 0.0787 e. The van der Waals surface area contributed by atoms with Crippen molar-refractivity contribution in [2.45, 2.75) is 0 Å². The van der Waals surface area contributed by atoms with Crippen molar-refractivity contribution >= 4 is 33.0 Å². The van der Waals surface area contributed by atoms with Gasteiger partial charge in [-0.2, -0.15) is 11.3 Å². The average Bonchev–Trinajstić information content (AvgIpc) is 3.00. The van der Waals surface area contributed by atoms with Crippen LogP contribution in [-0.2, 0) is 0 Å². The number of fused-ring (bicyclic) bond motifs is 3. The topological polar surface area (TPSA) is 12.9 Å². The van der Waals surface area contributed by atoms with Crippen LogP contribution < -0.4 is 0 Å². The molecule has 90 valence electrons. The Morgan fingerprint density at radius 1 is 0.895 bits per heavy atom. The molecule has 0 aliphatic rings. The molecule has 2 heteroatoms. The van der Waals surface area contributed by atoms with E-state index in [0.29, 0.717) is 0 Å². The first-order valence-electron chi connectivity index (χ1n) is 6.22. The summed E-state index contributed by atoms with van der Waals surface area (Å²) in [5, 5.41) is 8.05. The van der Waals surface area contributed by atoms with Crippen LogP contribution in [0.15, 0.2) is 65.5 Å². The number of rotatable bonds is 1. The van der Waals surface area contributed by atoms with E-state index in [4.69, 9.17) is 0 Å². The van der Waals surface area contributed by atoms with Gasteiger partial charge >= 0.3 is 0 Å². The van der Waals surface area contributed by atoms with Gasteiger partial charge in [0.15, 0.2) is 0 Å². The second kappa shape index (κ2) is 4.18. The molecule has 2 heterocycles. The number of hydrogen-bond acceptors (Lipinski definition) is 2. The Kier molecular flexibility index (Phi) is 2.35. The molecule has 0 fully saturated rings. The minimum absolute atomic E-state index is 1.08. The largest absolute Gasteiger partial charge is 0.256 e. The van der Waals surface area contributed by atoms with Gasteiger partial charge in [0.05, 0.1) is 5.52 Å². The van der Waals surface area contributed by atoms with Crippen LogP contribution in [0.1, 0.15) is 0 Å². The molecule has 0 amide bonds. The molecular weight excluding hydrogens is 250 g/mol. The van der Waals surface area contributed by atoms with Gasteiger partial charge in [-0.3, -0.25) is 4.98 Å². The highest BCUT2D eigenvalue weighted by atomic mass is 32.1. The lowest BCUT2D eigenvalue weighted by Crippen LogP contribution is -1.85. The monoisotopic (exact) mass is 261 g/mol. The Bertz CT molecular complexity index is 863. The van der Waals surface area contributed by atoms with E-state index in [1.807, 2.05) is 12.3 Å². The van der Waals surface area contributed by atoms with Gasteiger partial charge in [0, 0.05) is 17.1 Å². The van der Waals surface area contributed by atoms with Crippen LogP contribution >= 0.6 is 11.3 Å². The number of benzene rings is 2. The molecule has 0 atom stereocenters. The first-order chi connectivity index (χ1) is 9.43. The van der Waals surface area contributed by atoms with Crippen molar-refractivity contribution in [2.75, 3.05) is 0 Å². The molecule has 0 saturated heterocycles. The van der Waals surface area contributed by atoms with Crippen LogP contribution in [-0.4, -0.2) is 4.98 Å². The third-order valence-corrected chi connectivity index (χ3v) is 4.13. The van der Waals surface area contributed by atoms with E-state index in [2.05, 4.69) is 58.2 Å². The third kappa shape index (κ3) is 1.65. The second-order valence-electron chi connectivity index (χ2n) is 4.56. The summed E-state index contributed by atoms with van der Waals surface area (Å²) in [5.74, 6) is 0. The molecule has 0 radical (unpaired) electrons. The summed E-state index contributed by atoms with van der Waals surface area (Å²) in [4.78, 5) is 4.59. The summed E-state index contributed by atoms with van der Waals surface area (Å²) in [6.07, 6.45) is 1.87. The molecule has 0 N–H and O–H groups in total. The zero-order valence-electron chi connectivity index (χ0n) is 10.2. The lowest BCUT2D eigenvalue weighted by Gasteiger charge is -2.08. The number of aromatic nitrogens is 1. The lowest BCUT2D eigenvalue weighted by molar-refractivity contribution is 1.42. The highest BCUT2D eigenvalue weighted by molar-refractivity contribution is 7.08. The van der Waals surface area contributed by atoms with E-state index in [0.717, 1.165) is 5.52 Å². The summed E-state index contributed by atoms with van der Waals surface area (Å²) >= 11 is 1.72. The quantitative estimate of drug-likeness (QED) is 0.433. The molecule has 2 aromatic heterocycles. The standard InChI is InChI=1S/C17H11NS/c1-2-5-14-12(4-1)10-16(13-7-9-19-11-13)17-15(14)6-3-8-18-17/h1-11H. The summed E-state index contributed by atoms with van der Waals surface area (Å²) in [6, 6.07) is 17.1. The number of pyridine rings is 1. The summed E-state index contributed by atoms with van der Waals surface area (Å²) in [7, 11) is 0. The predicted octanol–water partition coefficient (Wildman–Crippen LogP) is 5.12. The highest BCUT2D eigenvalue weighted by Crippen LogP contribution is 2.34. The van der Waals surface area contributed by atoms with Crippen LogP contribution in [0.5, 0.6) is 0 Å². The van der Waals surface area contributed by atoms with Gasteiger partial charge in [0.25, 0.3) is 0 Å². The maximum absolute atomic E-state index is 4.59.